The number of rotatable bonds is 8. The molecule has 0 atom stereocenters. The second-order valence-electron chi connectivity index (χ2n) is 8.57. The number of hydrogen-bond acceptors (Lipinski definition) is 6. The Morgan fingerprint density at radius 1 is 1.07 bits per heavy atom. The van der Waals surface area contributed by atoms with Crippen LogP contribution in [0.2, 0.25) is 10.0 Å². The number of imide groups is 1. The first-order valence-corrected chi connectivity index (χ1v) is 14.8. The molecule has 0 spiro atoms. The summed E-state index contributed by atoms with van der Waals surface area (Å²) < 4.78 is 51.4. The van der Waals surface area contributed by atoms with Crippen LogP contribution in [-0.2, 0) is 22.4 Å². The smallest absolute Gasteiger partial charge is 0.416 e. The highest BCUT2D eigenvalue weighted by atomic mass is 79.9. The first kappa shape index (κ1) is 32.2. The molecule has 1 heterocycles. The zero-order valence-electron chi connectivity index (χ0n) is 21.2. The van der Waals surface area contributed by atoms with Crippen LogP contribution in [0.5, 0.6) is 11.5 Å². The molecule has 42 heavy (non-hydrogen) atoms. The molecule has 3 aromatic rings. The predicted octanol–water partition coefficient (Wildman–Crippen LogP) is 8.80. The van der Waals surface area contributed by atoms with E-state index in [0.29, 0.717) is 58.6 Å². The number of thioether (sulfide) groups is 1. The molecule has 1 aliphatic heterocycles. The number of hydrogen-bond donors (Lipinski definition) is 1. The lowest BCUT2D eigenvalue weighted by Crippen LogP contribution is -2.36. The lowest BCUT2D eigenvalue weighted by Gasteiger charge is -2.16. The van der Waals surface area contributed by atoms with Gasteiger partial charge in [-0.1, -0.05) is 29.3 Å². The maximum absolute atomic E-state index is 13.1. The van der Waals surface area contributed by atoms with Crippen molar-refractivity contribution < 1.29 is 37.0 Å². The monoisotopic (exact) mass is 766 g/mol. The van der Waals surface area contributed by atoms with Crippen LogP contribution in [0.15, 0.2) is 62.4 Å². The van der Waals surface area contributed by atoms with Gasteiger partial charge in [0.05, 0.1) is 32.2 Å². The molecule has 0 radical (unpaired) electrons. The largest absolute Gasteiger partial charge is 0.495 e. The Morgan fingerprint density at radius 3 is 2.38 bits per heavy atom. The predicted molar refractivity (Wildman–Crippen MR) is 162 cm³/mol. The van der Waals surface area contributed by atoms with Gasteiger partial charge in [0.15, 0.2) is 0 Å². The summed E-state index contributed by atoms with van der Waals surface area (Å²) >= 11 is 19.6. The minimum absolute atomic E-state index is 0.0229. The summed E-state index contributed by atoms with van der Waals surface area (Å²) in [5.74, 6) is -1.18. The topological polar surface area (TPSA) is 84.9 Å². The Kier molecular flexibility index (Phi) is 10.2. The van der Waals surface area contributed by atoms with Crippen LogP contribution in [0.3, 0.4) is 0 Å². The average Bonchev–Trinajstić information content (AvgIpc) is 3.15. The Labute approximate surface area is 268 Å². The number of carbonyl (C=O) groups is 3. The highest BCUT2D eigenvalue weighted by molar-refractivity contribution is 9.11. The molecular formula is C27H17Br2Cl2F3N2O5S. The molecule has 15 heteroatoms. The molecule has 0 aromatic heterocycles. The van der Waals surface area contributed by atoms with E-state index in [9.17, 15) is 27.6 Å². The number of methoxy groups -OCH3 is 1. The van der Waals surface area contributed by atoms with Crippen LogP contribution in [0.4, 0.5) is 23.7 Å². The van der Waals surface area contributed by atoms with Crippen molar-refractivity contribution in [1.29, 1.82) is 0 Å². The van der Waals surface area contributed by atoms with Crippen LogP contribution >= 0.6 is 66.8 Å². The van der Waals surface area contributed by atoms with Gasteiger partial charge >= 0.3 is 6.18 Å². The molecule has 0 aliphatic carbocycles. The van der Waals surface area contributed by atoms with E-state index in [1.165, 1.54) is 13.2 Å². The molecule has 4 rings (SSSR count). The van der Waals surface area contributed by atoms with E-state index in [0.717, 1.165) is 12.1 Å². The van der Waals surface area contributed by atoms with Crippen molar-refractivity contribution in [2.45, 2.75) is 12.8 Å². The molecule has 1 N–H and O–H groups in total. The Balaban J connectivity index is 1.46. The summed E-state index contributed by atoms with van der Waals surface area (Å²) in [7, 11) is 1.23. The zero-order valence-corrected chi connectivity index (χ0v) is 26.7. The van der Waals surface area contributed by atoms with E-state index in [1.54, 1.807) is 30.3 Å². The van der Waals surface area contributed by atoms with Gasteiger partial charge in [0, 0.05) is 15.6 Å². The average molecular weight is 769 g/mol. The van der Waals surface area contributed by atoms with E-state index in [1.807, 2.05) is 0 Å². The minimum Gasteiger partial charge on any atom is -0.495 e. The lowest BCUT2D eigenvalue weighted by molar-refractivity contribution is -0.137. The molecule has 0 bridgehead atoms. The third kappa shape index (κ3) is 7.62. The van der Waals surface area contributed by atoms with Gasteiger partial charge in [-0.3, -0.25) is 19.3 Å². The molecule has 1 saturated heterocycles. The second kappa shape index (κ2) is 13.3. The maximum atomic E-state index is 13.1. The fourth-order valence-corrected chi connectivity index (χ4v) is 6.44. The number of ether oxygens (including phenoxy) is 2. The summed E-state index contributed by atoms with van der Waals surface area (Å²) in [5.41, 5.74) is -0.00664. The third-order valence-electron chi connectivity index (χ3n) is 5.68. The lowest BCUT2D eigenvalue weighted by atomic mass is 10.1. The Bertz CT molecular complexity index is 1600. The van der Waals surface area contributed by atoms with Crippen LogP contribution in [0.25, 0.3) is 6.08 Å². The minimum atomic E-state index is -4.65. The zero-order chi connectivity index (χ0) is 30.8. The van der Waals surface area contributed by atoms with Gasteiger partial charge in [-0.05, 0) is 97.7 Å². The molecular weight excluding hydrogens is 752 g/mol. The first-order chi connectivity index (χ1) is 19.8. The van der Waals surface area contributed by atoms with Crippen molar-refractivity contribution >= 4 is 95.6 Å². The van der Waals surface area contributed by atoms with Gasteiger partial charge in [0.1, 0.15) is 24.7 Å². The van der Waals surface area contributed by atoms with Gasteiger partial charge in [0.25, 0.3) is 11.1 Å². The van der Waals surface area contributed by atoms with Gasteiger partial charge in [-0.15, -0.1) is 0 Å². The van der Waals surface area contributed by atoms with E-state index in [2.05, 4.69) is 37.2 Å². The van der Waals surface area contributed by atoms with E-state index < -0.39 is 35.3 Å². The molecule has 220 valence electrons. The summed E-state index contributed by atoms with van der Waals surface area (Å²) in [4.78, 5) is 38.9. The number of nitrogens with one attached hydrogen (secondary N) is 1. The van der Waals surface area contributed by atoms with Crippen molar-refractivity contribution in [2.24, 2.45) is 0 Å². The number of carbonyl (C=O) groups excluding carboxylic acids is 3. The quantitative estimate of drug-likeness (QED) is 0.231. The third-order valence-corrected chi connectivity index (χ3v) is 8.35. The highest BCUT2D eigenvalue weighted by Crippen LogP contribution is 2.39. The van der Waals surface area contributed by atoms with E-state index in [4.69, 9.17) is 32.7 Å². The fourth-order valence-electron chi connectivity index (χ4n) is 3.69. The van der Waals surface area contributed by atoms with Crippen LogP contribution < -0.4 is 14.8 Å². The molecule has 3 aromatic carbocycles. The second-order valence-corrected chi connectivity index (χ2v) is 12.1. The molecule has 7 nitrogen and oxygen atoms in total. The molecule has 1 aliphatic rings. The normalized spacial score (nSPS) is 14.5. The number of nitrogens with zero attached hydrogens (tertiary/aromatic N) is 1. The molecule has 0 unspecified atom stereocenters. The maximum Gasteiger partial charge on any atom is 0.416 e. The SMILES string of the molecule is COc1ccc(C(F)(F)F)cc1NC(=O)CN1C(=O)S/C(=C\c2cc(Br)c(OCc3ccc(Cl)cc3Cl)c(Br)c2)C1=O. The van der Waals surface area contributed by atoms with Gasteiger partial charge < -0.3 is 14.8 Å². The van der Waals surface area contributed by atoms with Crippen molar-refractivity contribution in [3.8, 4) is 11.5 Å². The number of alkyl halides is 3. The Hall–Kier alpha value is -2.71. The molecule has 0 saturated carbocycles. The number of benzene rings is 3. The van der Waals surface area contributed by atoms with E-state index in [-0.39, 0.29) is 22.9 Å². The summed E-state index contributed by atoms with van der Waals surface area (Å²) in [6.45, 7) is -0.561. The van der Waals surface area contributed by atoms with Crippen LogP contribution in [-0.4, -0.2) is 35.6 Å². The number of amides is 3. The van der Waals surface area contributed by atoms with Crippen LogP contribution in [0.1, 0.15) is 16.7 Å². The van der Waals surface area contributed by atoms with E-state index >= 15 is 0 Å². The summed E-state index contributed by atoms with van der Waals surface area (Å²) in [5, 5.41) is 2.51. The highest BCUT2D eigenvalue weighted by Gasteiger charge is 2.37. The van der Waals surface area contributed by atoms with Crippen molar-refractivity contribution in [3.63, 3.8) is 0 Å². The standard InChI is InChI=1S/C27H17Br2Cl2F3N2O5S/c1-40-21-5-3-15(27(32,33)34)9-20(21)35-23(37)11-36-25(38)22(42-26(36)39)8-13-6-17(28)24(18(29)7-13)41-12-14-2-4-16(30)10-19(14)31/h2-10H,11-12H2,1H3,(H,35,37)/b22-8-. The Morgan fingerprint density at radius 2 is 1.76 bits per heavy atom. The summed E-state index contributed by atoms with van der Waals surface area (Å²) in [6.07, 6.45) is -3.18. The van der Waals surface area contributed by atoms with Crippen molar-refractivity contribution in [3.05, 3.63) is 89.1 Å². The molecule has 3 amide bonds. The van der Waals surface area contributed by atoms with Crippen molar-refractivity contribution in [1.82, 2.24) is 4.90 Å². The number of anilines is 1. The van der Waals surface area contributed by atoms with Gasteiger partial charge in [-0.2, -0.15) is 13.2 Å². The van der Waals surface area contributed by atoms with Crippen molar-refractivity contribution in [2.75, 3.05) is 19.0 Å². The number of halogens is 7. The summed E-state index contributed by atoms with van der Waals surface area (Å²) in [6, 6.07) is 11.0. The van der Waals surface area contributed by atoms with Gasteiger partial charge in [-0.25, -0.2) is 0 Å². The molecule has 1 fully saturated rings. The first-order valence-electron chi connectivity index (χ1n) is 11.6. The van der Waals surface area contributed by atoms with Crippen LogP contribution in [0, 0.1) is 0 Å². The fraction of sp³-hybridized carbons (Fsp3) is 0.148. The van der Waals surface area contributed by atoms with Gasteiger partial charge in [0.2, 0.25) is 5.91 Å².